The number of carbonyl (C=O) groups excluding carboxylic acids is 1. The third kappa shape index (κ3) is 4.68. The van der Waals surface area contributed by atoms with Crippen LogP contribution in [0.5, 0.6) is 0 Å². The highest BCUT2D eigenvalue weighted by atomic mass is 16.1. The second-order valence-electron chi connectivity index (χ2n) is 7.42. The summed E-state index contributed by atoms with van der Waals surface area (Å²) >= 11 is 0. The molecule has 138 valence electrons. The highest BCUT2D eigenvalue weighted by Gasteiger charge is 2.34. The van der Waals surface area contributed by atoms with Crippen LogP contribution in [0.25, 0.3) is 0 Å². The lowest BCUT2D eigenvalue weighted by atomic mass is 10.0. The molecule has 1 aromatic heterocycles. The molecule has 2 aromatic rings. The Morgan fingerprint density at radius 1 is 1.19 bits per heavy atom. The summed E-state index contributed by atoms with van der Waals surface area (Å²) in [5.74, 6) is 0.389. The van der Waals surface area contributed by atoms with Gasteiger partial charge in [0, 0.05) is 50.0 Å². The lowest BCUT2D eigenvalue weighted by Gasteiger charge is -2.23. The molecule has 1 aliphatic rings. The average Bonchev–Trinajstić information content (AvgIpc) is 2.96. The van der Waals surface area contributed by atoms with Crippen molar-refractivity contribution in [3.63, 3.8) is 0 Å². The minimum absolute atomic E-state index is 0.0223. The zero-order valence-corrected chi connectivity index (χ0v) is 15.9. The molecule has 0 unspecified atom stereocenters. The van der Waals surface area contributed by atoms with E-state index in [0.29, 0.717) is 11.5 Å². The van der Waals surface area contributed by atoms with E-state index >= 15 is 0 Å². The Morgan fingerprint density at radius 3 is 2.65 bits per heavy atom. The minimum Gasteiger partial charge on any atom is -0.348 e. The van der Waals surface area contributed by atoms with Crippen LogP contribution in [0.3, 0.4) is 0 Å². The number of rotatable bonds is 6. The maximum Gasteiger partial charge on any atom is 0.253 e. The van der Waals surface area contributed by atoms with Gasteiger partial charge in [-0.3, -0.25) is 14.7 Å². The number of nitrogens with one attached hydrogen (secondary N) is 1. The van der Waals surface area contributed by atoms with Gasteiger partial charge in [-0.15, -0.1) is 0 Å². The van der Waals surface area contributed by atoms with E-state index in [0.717, 1.165) is 31.9 Å². The van der Waals surface area contributed by atoms with Crippen LogP contribution in [0.1, 0.15) is 21.6 Å². The highest BCUT2D eigenvalue weighted by Crippen LogP contribution is 2.21. The van der Waals surface area contributed by atoms with Gasteiger partial charge in [0.1, 0.15) is 0 Å². The van der Waals surface area contributed by atoms with Crippen molar-refractivity contribution < 1.29 is 4.79 Å². The van der Waals surface area contributed by atoms with Crippen LogP contribution in [-0.2, 0) is 6.54 Å². The first-order valence-corrected chi connectivity index (χ1v) is 9.16. The van der Waals surface area contributed by atoms with Crippen LogP contribution < -0.4 is 5.32 Å². The van der Waals surface area contributed by atoms with E-state index in [1.807, 2.05) is 25.1 Å². The molecule has 0 saturated carbocycles. The number of benzene rings is 1. The van der Waals surface area contributed by atoms with Crippen LogP contribution in [-0.4, -0.2) is 60.5 Å². The first kappa shape index (κ1) is 18.5. The fourth-order valence-electron chi connectivity index (χ4n) is 3.72. The van der Waals surface area contributed by atoms with E-state index in [-0.39, 0.29) is 11.9 Å². The van der Waals surface area contributed by atoms with Crippen molar-refractivity contribution in [2.45, 2.75) is 19.5 Å². The number of likely N-dealkylation sites (tertiary alicyclic amines) is 1. The number of amides is 1. The van der Waals surface area contributed by atoms with Crippen LogP contribution in [0, 0.1) is 12.8 Å². The fraction of sp³-hybridized carbons (Fsp3) is 0.429. The summed E-state index contributed by atoms with van der Waals surface area (Å²) in [6.07, 6.45) is 1.72. The van der Waals surface area contributed by atoms with Crippen molar-refractivity contribution in [1.29, 1.82) is 0 Å². The smallest absolute Gasteiger partial charge is 0.253 e. The molecule has 0 bridgehead atoms. The highest BCUT2D eigenvalue weighted by molar-refractivity contribution is 5.95. The van der Waals surface area contributed by atoms with Gasteiger partial charge < -0.3 is 10.2 Å². The van der Waals surface area contributed by atoms with Gasteiger partial charge in [0.15, 0.2) is 0 Å². The largest absolute Gasteiger partial charge is 0.348 e. The van der Waals surface area contributed by atoms with Crippen molar-refractivity contribution in [3.05, 3.63) is 65.5 Å². The number of pyridine rings is 1. The first-order chi connectivity index (χ1) is 12.5. The second kappa shape index (κ2) is 8.43. The van der Waals surface area contributed by atoms with Crippen LogP contribution in [0.4, 0.5) is 0 Å². The van der Waals surface area contributed by atoms with E-state index in [4.69, 9.17) is 0 Å². The van der Waals surface area contributed by atoms with Crippen molar-refractivity contribution in [3.8, 4) is 0 Å². The molecule has 1 fully saturated rings. The zero-order valence-electron chi connectivity index (χ0n) is 15.9. The number of aromatic nitrogens is 1. The molecule has 3 rings (SSSR count). The predicted octanol–water partition coefficient (Wildman–Crippen LogP) is 2.18. The van der Waals surface area contributed by atoms with Crippen LogP contribution in [0.2, 0.25) is 0 Å². The Hall–Kier alpha value is -2.24. The SMILES string of the molecule is Cc1ncccc1C(=O)N[C@@H]1CN(Cc2ccccc2)C[C@H]1CN(C)C. The van der Waals surface area contributed by atoms with Crippen molar-refractivity contribution >= 4 is 5.91 Å². The van der Waals surface area contributed by atoms with Gasteiger partial charge in [0.2, 0.25) is 0 Å². The summed E-state index contributed by atoms with van der Waals surface area (Å²) in [5, 5.41) is 3.26. The molecule has 1 amide bonds. The molecular weight excluding hydrogens is 324 g/mol. The first-order valence-electron chi connectivity index (χ1n) is 9.16. The van der Waals surface area contributed by atoms with E-state index in [1.165, 1.54) is 5.56 Å². The maximum atomic E-state index is 12.7. The van der Waals surface area contributed by atoms with Gasteiger partial charge in [-0.05, 0) is 38.7 Å². The van der Waals surface area contributed by atoms with E-state index in [1.54, 1.807) is 6.20 Å². The van der Waals surface area contributed by atoms with Gasteiger partial charge in [-0.1, -0.05) is 30.3 Å². The molecule has 0 radical (unpaired) electrons. The monoisotopic (exact) mass is 352 g/mol. The molecule has 1 aromatic carbocycles. The van der Waals surface area contributed by atoms with Gasteiger partial charge in [-0.25, -0.2) is 0 Å². The number of hydrogen-bond acceptors (Lipinski definition) is 4. The van der Waals surface area contributed by atoms with E-state index < -0.39 is 0 Å². The Bertz CT molecular complexity index is 732. The fourth-order valence-corrected chi connectivity index (χ4v) is 3.72. The number of nitrogens with zero attached hydrogens (tertiary/aromatic N) is 3. The molecule has 1 aliphatic heterocycles. The van der Waals surface area contributed by atoms with Crippen molar-refractivity contribution in [1.82, 2.24) is 20.1 Å². The standard InChI is InChI=1S/C21H28N4O/c1-16-19(10-7-11-22-16)21(26)23-20-15-25(14-18(20)13-24(2)3)12-17-8-5-4-6-9-17/h4-11,18,20H,12-15H2,1-3H3,(H,23,26)/t18-,20-/m1/s1. The molecule has 0 aliphatic carbocycles. The summed E-state index contributed by atoms with van der Waals surface area (Å²) in [5.41, 5.74) is 2.75. The second-order valence-corrected chi connectivity index (χ2v) is 7.42. The van der Waals surface area contributed by atoms with Gasteiger partial charge >= 0.3 is 0 Å². The lowest BCUT2D eigenvalue weighted by molar-refractivity contribution is 0.0925. The van der Waals surface area contributed by atoms with Gasteiger partial charge in [0.05, 0.1) is 5.56 Å². The third-order valence-corrected chi connectivity index (χ3v) is 4.93. The topological polar surface area (TPSA) is 48.5 Å². The summed E-state index contributed by atoms with van der Waals surface area (Å²) in [4.78, 5) is 21.6. The van der Waals surface area contributed by atoms with Gasteiger partial charge in [-0.2, -0.15) is 0 Å². The van der Waals surface area contributed by atoms with E-state index in [2.05, 4.69) is 58.5 Å². The van der Waals surface area contributed by atoms with Gasteiger partial charge in [0.25, 0.3) is 5.91 Å². The molecule has 5 heteroatoms. The quantitative estimate of drug-likeness (QED) is 0.866. The van der Waals surface area contributed by atoms with Crippen molar-refractivity contribution in [2.75, 3.05) is 33.7 Å². The lowest BCUT2D eigenvalue weighted by Crippen LogP contribution is -2.43. The maximum absolute atomic E-state index is 12.7. The Kier molecular flexibility index (Phi) is 6.01. The summed E-state index contributed by atoms with van der Waals surface area (Å²) in [6.45, 7) is 5.62. The minimum atomic E-state index is -0.0223. The molecule has 5 nitrogen and oxygen atoms in total. The summed E-state index contributed by atoms with van der Waals surface area (Å²) in [7, 11) is 4.17. The Balaban J connectivity index is 1.69. The van der Waals surface area contributed by atoms with E-state index in [9.17, 15) is 4.79 Å². The summed E-state index contributed by atoms with van der Waals surface area (Å²) in [6, 6.07) is 14.3. The average molecular weight is 352 g/mol. The van der Waals surface area contributed by atoms with Crippen LogP contribution >= 0.6 is 0 Å². The number of hydrogen-bond donors (Lipinski definition) is 1. The molecule has 1 N–H and O–H groups in total. The number of aryl methyl sites for hydroxylation is 1. The zero-order chi connectivity index (χ0) is 18.5. The molecular formula is C21H28N4O. The summed E-state index contributed by atoms with van der Waals surface area (Å²) < 4.78 is 0. The molecule has 0 spiro atoms. The molecule has 2 atom stereocenters. The number of carbonyl (C=O) groups is 1. The molecule has 2 heterocycles. The predicted molar refractivity (Wildman–Crippen MR) is 104 cm³/mol. The van der Waals surface area contributed by atoms with Crippen molar-refractivity contribution in [2.24, 2.45) is 5.92 Å². The molecule has 1 saturated heterocycles. The molecule has 26 heavy (non-hydrogen) atoms. The Morgan fingerprint density at radius 2 is 1.96 bits per heavy atom. The normalized spacial score (nSPS) is 20.5. The van der Waals surface area contributed by atoms with Crippen LogP contribution in [0.15, 0.2) is 48.7 Å². The third-order valence-electron chi connectivity index (χ3n) is 4.93. The Labute approximate surface area is 156 Å².